The van der Waals surface area contributed by atoms with E-state index in [0.29, 0.717) is 17.9 Å². The average molecular weight is 175 g/mol. The second-order valence-electron chi connectivity index (χ2n) is 3.75. The molecule has 0 spiro atoms. The summed E-state index contributed by atoms with van der Waals surface area (Å²) in [5.41, 5.74) is 0. The van der Waals surface area contributed by atoms with Gasteiger partial charge in [-0.25, -0.2) is 8.42 Å². The van der Waals surface area contributed by atoms with Gasteiger partial charge in [0, 0.05) is 12.6 Å². The van der Waals surface area contributed by atoms with Gasteiger partial charge in [-0.1, -0.05) is 6.92 Å². The molecule has 3 fully saturated rings. The van der Waals surface area contributed by atoms with Gasteiger partial charge in [-0.3, -0.25) is 0 Å². The summed E-state index contributed by atoms with van der Waals surface area (Å²) in [6.07, 6.45) is 2.40. The molecule has 0 radical (unpaired) electrons. The Hall–Kier alpha value is -0.0900. The monoisotopic (exact) mass is 175 g/mol. The predicted molar refractivity (Wildman–Crippen MR) is 42.6 cm³/mol. The third-order valence-corrected chi connectivity index (χ3v) is 4.38. The average Bonchev–Trinajstić information content (AvgIpc) is 2.38. The van der Waals surface area contributed by atoms with Crippen LogP contribution in [0.15, 0.2) is 0 Å². The molecule has 0 N–H and O–H groups in total. The Morgan fingerprint density at radius 1 is 1.45 bits per heavy atom. The van der Waals surface area contributed by atoms with Crippen molar-refractivity contribution in [3.05, 3.63) is 0 Å². The number of sulfonamides is 1. The molecular weight excluding hydrogens is 162 g/mol. The Bertz CT molecular complexity index is 272. The maximum absolute atomic E-state index is 11.1. The second-order valence-corrected chi connectivity index (χ2v) is 5.69. The maximum atomic E-state index is 11.1. The van der Waals surface area contributed by atoms with Crippen LogP contribution >= 0.6 is 0 Å². The molecule has 0 aromatic rings. The fourth-order valence-corrected chi connectivity index (χ4v) is 3.46. The van der Waals surface area contributed by atoms with Crippen molar-refractivity contribution >= 4 is 10.0 Å². The molecule has 64 valence electrons. The van der Waals surface area contributed by atoms with E-state index in [2.05, 4.69) is 6.92 Å². The van der Waals surface area contributed by atoms with Crippen LogP contribution in [-0.2, 0) is 10.0 Å². The number of hydrogen-bond donors (Lipinski definition) is 0. The Morgan fingerprint density at radius 3 is 2.27 bits per heavy atom. The van der Waals surface area contributed by atoms with Gasteiger partial charge in [-0.05, 0) is 18.3 Å². The van der Waals surface area contributed by atoms with E-state index in [4.69, 9.17) is 0 Å². The molecule has 1 saturated carbocycles. The third-order valence-electron chi connectivity index (χ3n) is 3.11. The Kier molecular flexibility index (Phi) is 1.36. The van der Waals surface area contributed by atoms with Crippen molar-refractivity contribution in [3.8, 4) is 0 Å². The van der Waals surface area contributed by atoms with Crippen LogP contribution in [-0.4, -0.2) is 31.6 Å². The molecule has 2 aliphatic heterocycles. The summed E-state index contributed by atoms with van der Waals surface area (Å²) in [4.78, 5) is 0. The summed E-state index contributed by atoms with van der Waals surface area (Å²) in [5, 5.41) is 0. The van der Waals surface area contributed by atoms with Gasteiger partial charge in [0.2, 0.25) is 10.0 Å². The van der Waals surface area contributed by atoms with E-state index in [0.717, 1.165) is 13.0 Å². The van der Waals surface area contributed by atoms with Gasteiger partial charge in [0.05, 0.1) is 6.26 Å². The van der Waals surface area contributed by atoms with Crippen LogP contribution in [0.5, 0.6) is 0 Å². The Morgan fingerprint density at radius 2 is 2.09 bits per heavy atom. The van der Waals surface area contributed by atoms with Crippen molar-refractivity contribution in [3.63, 3.8) is 0 Å². The fourth-order valence-electron chi connectivity index (χ4n) is 2.23. The summed E-state index contributed by atoms with van der Waals surface area (Å²) in [5.74, 6) is 1.25. The highest BCUT2D eigenvalue weighted by Crippen LogP contribution is 2.46. The lowest BCUT2D eigenvalue weighted by molar-refractivity contribution is 0.213. The van der Waals surface area contributed by atoms with Crippen molar-refractivity contribution in [2.45, 2.75) is 19.4 Å². The van der Waals surface area contributed by atoms with Gasteiger partial charge in [0.15, 0.2) is 0 Å². The maximum Gasteiger partial charge on any atom is 0.211 e. The van der Waals surface area contributed by atoms with Crippen LogP contribution in [0.4, 0.5) is 0 Å². The zero-order valence-electron chi connectivity index (χ0n) is 6.82. The van der Waals surface area contributed by atoms with E-state index in [1.54, 1.807) is 4.31 Å². The summed E-state index contributed by atoms with van der Waals surface area (Å²) < 4.78 is 23.9. The first kappa shape index (κ1) is 7.55. The minimum atomic E-state index is -2.91. The van der Waals surface area contributed by atoms with Gasteiger partial charge in [0.25, 0.3) is 0 Å². The normalized spacial score (nSPS) is 44.0. The summed E-state index contributed by atoms with van der Waals surface area (Å²) in [6.45, 7) is 2.91. The Labute approximate surface area is 67.4 Å². The molecule has 1 aliphatic carbocycles. The lowest BCUT2D eigenvalue weighted by Gasteiger charge is -2.32. The molecule has 3 nitrogen and oxygen atoms in total. The highest BCUT2D eigenvalue weighted by molar-refractivity contribution is 7.88. The molecule has 0 aromatic carbocycles. The molecule has 3 aliphatic rings. The molecule has 2 bridgehead atoms. The molecular formula is C7H13NO2S. The van der Waals surface area contributed by atoms with Crippen molar-refractivity contribution in [1.82, 2.24) is 4.31 Å². The number of fused-ring (bicyclic) bond motifs is 1. The first-order chi connectivity index (χ1) is 5.00. The quantitative estimate of drug-likeness (QED) is 0.574. The number of rotatable bonds is 1. The summed E-state index contributed by atoms with van der Waals surface area (Å²) in [6, 6.07) is 0.329. The number of nitrogens with zero attached hydrogens (tertiary/aromatic N) is 1. The SMILES string of the molecule is C[C@@H]1[C@@H]2C[C@H]1N(S(C)(=O)=O)C2. The molecule has 2 heterocycles. The van der Waals surface area contributed by atoms with E-state index in [1.165, 1.54) is 6.26 Å². The van der Waals surface area contributed by atoms with Gasteiger partial charge in [-0.15, -0.1) is 0 Å². The topological polar surface area (TPSA) is 37.4 Å². The van der Waals surface area contributed by atoms with Gasteiger partial charge in [-0.2, -0.15) is 4.31 Å². The molecule has 3 atom stereocenters. The summed E-state index contributed by atoms with van der Waals surface area (Å²) >= 11 is 0. The van der Waals surface area contributed by atoms with Crippen molar-refractivity contribution in [2.75, 3.05) is 12.8 Å². The lowest BCUT2D eigenvalue weighted by atomic mass is 9.75. The highest BCUT2D eigenvalue weighted by atomic mass is 32.2. The summed E-state index contributed by atoms with van der Waals surface area (Å²) in [7, 11) is -2.91. The first-order valence-electron chi connectivity index (χ1n) is 3.97. The van der Waals surface area contributed by atoms with Gasteiger partial charge >= 0.3 is 0 Å². The molecule has 11 heavy (non-hydrogen) atoms. The van der Waals surface area contributed by atoms with E-state index in [-0.39, 0.29) is 0 Å². The molecule has 0 aromatic heterocycles. The van der Waals surface area contributed by atoms with Crippen molar-refractivity contribution in [1.29, 1.82) is 0 Å². The molecule has 3 rings (SSSR count). The second kappa shape index (κ2) is 1.98. The van der Waals surface area contributed by atoms with Crippen LogP contribution in [0.2, 0.25) is 0 Å². The zero-order valence-corrected chi connectivity index (χ0v) is 7.63. The zero-order chi connectivity index (χ0) is 8.22. The minimum absolute atomic E-state index is 0.329. The third kappa shape index (κ3) is 0.924. The standard InChI is InChI=1S/C7H13NO2S/c1-5-6-3-7(5)8(4-6)11(2,9)10/h5-7H,3-4H2,1-2H3/t5-,6-,7-/m1/s1. The highest BCUT2D eigenvalue weighted by Gasteiger charge is 2.52. The van der Waals surface area contributed by atoms with Crippen molar-refractivity contribution in [2.24, 2.45) is 11.8 Å². The molecule has 0 amide bonds. The van der Waals surface area contributed by atoms with E-state index >= 15 is 0 Å². The van der Waals surface area contributed by atoms with E-state index in [9.17, 15) is 8.42 Å². The molecule has 0 unspecified atom stereocenters. The predicted octanol–water partition coefficient (Wildman–Crippen LogP) is 0.286. The van der Waals surface area contributed by atoms with Crippen LogP contribution in [0.1, 0.15) is 13.3 Å². The molecule has 4 heteroatoms. The van der Waals surface area contributed by atoms with E-state index < -0.39 is 10.0 Å². The van der Waals surface area contributed by atoms with E-state index in [1.807, 2.05) is 0 Å². The van der Waals surface area contributed by atoms with Crippen LogP contribution in [0.25, 0.3) is 0 Å². The number of hydrogen-bond acceptors (Lipinski definition) is 2. The minimum Gasteiger partial charge on any atom is -0.212 e. The van der Waals surface area contributed by atoms with Crippen LogP contribution < -0.4 is 0 Å². The van der Waals surface area contributed by atoms with Crippen molar-refractivity contribution < 1.29 is 8.42 Å². The van der Waals surface area contributed by atoms with Crippen LogP contribution in [0, 0.1) is 11.8 Å². The first-order valence-corrected chi connectivity index (χ1v) is 5.82. The smallest absolute Gasteiger partial charge is 0.211 e. The Balaban J connectivity index is 2.22. The molecule has 2 saturated heterocycles. The van der Waals surface area contributed by atoms with Gasteiger partial charge in [0.1, 0.15) is 0 Å². The largest absolute Gasteiger partial charge is 0.212 e. The lowest BCUT2D eigenvalue weighted by Crippen LogP contribution is -2.39. The van der Waals surface area contributed by atoms with Crippen LogP contribution in [0.3, 0.4) is 0 Å². The van der Waals surface area contributed by atoms with Gasteiger partial charge < -0.3 is 0 Å². The fraction of sp³-hybridized carbons (Fsp3) is 1.00.